The van der Waals surface area contributed by atoms with Gasteiger partial charge in [-0.2, -0.15) is 5.10 Å². The Labute approximate surface area is 174 Å². The molecule has 9 heteroatoms. The highest BCUT2D eigenvalue weighted by Gasteiger charge is 2.59. The van der Waals surface area contributed by atoms with Crippen LogP contribution in [0.25, 0.3) is 0 Å². The monoisotopic (exact) mass is 457 g/mol. The molecule has 0 spiro atoms. The summed E-state index contributed by atoms with van der Waals surface area (Å²) in [7, 11) is 2.70. The second-order valence-corrected chi connectivity index (χ2v) is 7.32. The van der Waals surface area contributed by atoms with Gasteiger partial charge in [0.2, 0.25) is 5.91 Å². The predicted octanol–water partition coefficient (Wildman–Crippen LogP) is 2.36. The molecular weight excluding hydrogens is 442 g/mol. The Morgan fingerprint density at radius 1 is 1.03 bits per heavy atom. The van der Waals surface area contributed by atoms with Gasteiger partial charge in [-0.25, -0.2) is 14.7 Å². The van der Waals surface area contributed by atoms with E-state index < -0.39 is 29.7 Å². The van der Waals surface area contributed by atoms with Gasteiger partial charge >= 0.3 is 5.97 Å². The molecule has 0 saturated carbocycles. The fourth-order valence-electron chi connectivity index (χ4n) is 3.55. The lowest BCUT2D eigenvalue weighted by Crippen LogP contribution is -2.39. The van der Waals surface area contributed by atoms with Crippen molar-refractivity contribution in [1.82, 2.24) is 0 Å². The number of anilines is 2. The number of fused-ring (bicyclic) bond motifs is 1. The average Bonchev–Trinajstić information content (AvgIpc) is 3.25. The van der Waals surface area contributed by atoms with E-state index in [1.54, 1.807) is 48.5 Å². The van der Waals surface area contributed by atoms with Crippen molar-refractivity contribution in [1.29, 1.82) is 0 Å². The molecule has 2 aliphatic rings. The quantitative estimate of drug-likeness (QED) is 0.517. The summed E-state index contributed by atoms with van der Waals surface area (Å²) in [6, 6.07) is 12.7. The van der Waals surface area contributed by atoms with Crippen molar-refractivity contribution in [2.75, 3.05) is 24.1 Å². The zero-order chi connectivity index (χ0) is 20.7. The maximum Gasteiger partial charge on any atom is 0.355 e. The Morgan fingerprint density at radius 3 is 2.38 bits per heavy atom. The predicted molar refractivity (Wildman–Crippen MR) is 109 cm³/mol. The number of carbonyl (C=O) groups is 3. The van der Waals surface area contributed by atoms with Gasteiger partial charge in [0.1, 0.15) is 23.4 Å². The van der Waals surface area contributed by atoms with E-state index in [1.807, 2.05) is 0 Å². The molecule has 2 aromatic carbocycles. The fourth-order valence-corrected chi connectivity index (χ4v) is 3.81. The molecule has 0 N–H and O–H groups in total. The molecule has 0 aliphatic carbocycles. The standard InChI is InChI=1S/C20H16BrN3O5/c1-28-14-6-4-3-5-13(14)24-17-15(16(22-24)20(27)29-2)18(25)23(19(17)26)12-9-7-11(21)8-10-12/h3-10,15,17H,1-2H3/t15-,17+/m0/s1. The van der Waals surface area contributed by atoms with Crippen LogP contribution in [0, 0.1) is 5.92 Å². The van der Waals surface area contributed by atoms with Gasteiger partial charge in [0.05, 0.1) is 19.9 Å². The summed E-state index contributed by atoms with van der Waals surface area (Å²) in [5.41, 5.74) is 0.783. The summed E-state index contributed by atoms with van der Waals surface area (Å²) >= 11 is 3.34. The summed E-state index contributed by atoms with van der Waals surface area (Å²) in [5, 5.41) is 5.65. The van der Waals surface area contributed by atoms with E-state index in [2.05, 4.69) is 21.0 Å². The van der Waals surface area contributed by atoms with Crippen LogP contribution in [0.1, 0.15) is 0 Å². The van der Waals surface area contributed by atoms with E-state index in [0.717, 1.165) is 9.37 Å². The molecule has 2 atom stereocenters. The first-order chi connectivity index (χ1) is 14.0. The van der Waals surface area contributed by atoms with Gasteiger partial charge in [-0.05, 0) is 36.4 Å². The molecule has 0 radical (unpaired) electrons. The summed E-state index contributed by atoms with van der Waals surface area (Å²) in [4.78, 5) is 39.9. The minimum Gasteiger partial charge on any atom is -0.495 e. The molecule has 29 heavy (non-hydrogen) atoms. The van der Waals surface area contributed by atoms with Gasteiger partial charge in [-0.15, -0.1) is 0 Å². The molecule has 2 amide bonds. The van der Waals surface area contributed by atoms with Crippen LogP contribution in [0.2, 0.25) is 0 Å². The first-order valence-corrected chi connectivity index (χ1v) is 9.49. The molecule has 4 rings (SSSR count). The van der Waals surface area contributed by atoms with Crippen molar-refractivity contribution in [2.45, 2.75) is 6.04 Å². The van der Waals surface area contributed by atoms with Crippen LogP contribution < -0.4 is 14.6 Å². The second kappa shape index (κ2) is 7.32. The molecule has 8 nitrogen and oxygen atoms in total. The third-order valence-corrected chi connectivity index (χ3v) is 5.39. The second-order valence-electron chi connectivity index (χ2n) is 6.40. The minimum atomic E-state index is -1.07. The summed E-state index contributed by atoms with van der Waals surface area (Å²) < 4.78 is 11.0. The third-order valence-electron chi connectivity index (χ3n) is 4.86. The van der Waals surface area contributed by atoms with E-state index in [9.17, 15) is 14.4 Å². The summed E-state index contributed by atoms with van der Waals surface area (Å²) in [6.07, 6.45) is 0. The van der Waals surface area contributed by atoms with E-state index in [-0.39, 0.29) is 5.71 Å². The molecular formula is C20H16BrN3O5. The zero-order valence-corrected chi connectivity index (χ0v) is 17.1. The molecule has 2 heterocycles. The van der Waals surface area contributed by atoms with Crippen molar-refractivity contribution >= 4 is 50.8 Å². The topological polar surface area (TPSA) is 88.5 Å². The number of esters is 1. The van der Waals surface area contributed by atoms with Crippen LogP contribution >= 0.6 is 15.9 Å². The number of rotatable bonds is 4. The molecule has 2 aromatic rings. The smallest absolute Gasteiger partial charge is 0.355 e. The number of para-hydroxylation sites is 2. The van der Waals surface area contributed by atoms with Gasteiger partial charge < -0.3 is 9.47 Å². The van der Waals surface area contributed by atoms with Crippen molar-refractivity contribution in [3.8, 4) is 5.75 Å². The lowest BCUT2D eigenvalue weighted by molar-refractivity contribution is -0.133. The Bertz CT molecular complexity index is 1040. The Balaban J connectivity index is 1.83. The lowest BCUT2D eigenvalue weighted by Gasteiger charge is -2.23. The highest BCUT2D eigenvalue weighted by molar-refractivity contribution is 9.10. The van der Waals surface area contributed by atoms with Crippen LogP contribution in [0.3, 0.4) is 0 Å². The fraction of sp³-hybridized carbons (Fsp3) is 0.200. The molecule has 0 unspecified atom stereocenters. The van der Waals surface area contributed by atoms with Gasteiger partial charge in [0, 0.05) is 4.47 Å². The normalized spacial score (nSPS) is 20.6. The molecule has 2 aliphatic heterocycles. The van der Waals surface area contributed by atoms with Crippen molar-refractivity contribution in [3.05, 3.63) is 53.0 Å². The number of carbonyl (C=O) groups excluding carboxylic acids is 3. The minimum absolute atomic E-state index is 0.110. The maximum absolute atomic E-state index is 13.3. The largest absolute Gasteiger partial charge is 0.495 e. The number of halogens is 1. The van der Waals surface area contributed by atoms with Crippen molar-refractivity contribution in [2.24, 2.45) is 11.0 Å². The first-order valence-electron chi connectivity index (χ1n) is 8.70. The van der Waals surface area contributed by atoms with Gasteiger partial charge in [0.15, 0.2) is 5.71 Å². The number of hydrogen-bond acceptors (Lipinski definition) is 7. The van der Waals surface area contributed by atoms with Crippen molar-refractivity contribution in [3.63, 3.8) is 0 Å². The van der Waals surface area contributed by atoms with Crippen LogP contribution in [-0.4, -0.2) is 43.8 Å². The van der Waals surface area contributed by atoms with Gasteiger partial charge in [-0.1, -0.05) is 28.1 Å². The van der Waals surface area contributed by atoms with Gasteiger partial charge in [-0.3, -0.25) is 9.59 Å². The summed E-state index contributed by atoms with van der Waals surface area (Å²) in [6.45, 7) is 0. The average molecular weight is 458 g/mol. The lowest BCUT2D eigenvalue weighted by atomic mass is 9.97. The highest BCUT2D eigenvalue weighted by atomic mass is 79.9. The summed E-state index contributed by atoms with van der Waals surface area (Å²) in [5.74, 6) is -2.36. The van der Waals surface area contributed by atoms with E-state index in [0.29, 0.717) is 17.1 Å². The number of ether oxygens (including phenoxy) is 2. The maximum atomic E-state index is 13.3. The number of hydrazone groups is 1. The van der Waals surface area contributed by atoms with Crippen LogP contribution in [-0.2, 0) is 19.1 Å². The van der Waals surface area contributed by atoms with Gasteiger partial charge in [0.25, 0.3) is 5.91 Å². The van der Waals surface area contributed by atoms with E-state index in [1.165, 1.54) is 19.2 Å². The SMILES string of the molecule is COC(=O)C1=NN(c2ccccc2OC)[C@H]2C(=O)N(c3ccc(Br)cc3)C(=O)[C@@H]12. The number of nitrogens with zero attached hydrogens (tertiary/aromatic N) is 3. The Hall–Kier alpha value is -3.20. The Kier molecular flexibility index (Phi) is 4.83. The first kappa shape index (κ1) is 19.1. The van der Waals surface area contributed by atoms with Crippen LogP contribution in [0.15, 0.2) is 58.1 Å². The molecule has 148 valence electrons. The molecule has 1 fully saturated rings. The third kappa shape index (κ3) is 2.98. The van der Waals surface area contributed by atoms with Crippen LogP contribution in [0.5, 0.6) is 5.75 Å². The van der Waals surface area contributed by atoms with E-state index in [4.69, 9.17) is 9.47 Å². The number of methoxy groups -OCH3 is 2. The van der Waals surface area contributed by atoms with E-state index >= 15 is 0 Å². The highest BCUT2D eigenvalue weighted by Crippen LogP contribution is 2.41. The number of hydrogen-bond donors (Lipinski definition) is 0. The number of benzene rings is 2. The number of imide groups is 1. The molecule has 1 saturated heterocycles. The van der Waals surface area contributed by atoms with Crippen LogP contribution in [0.4, 0.5) is 11.4 Å². The zero-order valence-electron chi connectivity index (χ0n) is 15.5. The Morgan fingerprint density at radius 2 is 1.72 bits per heavy atom. The van der Waals surface area contributed by atoms with Crippen molar-refractivity contribution < 1.29 is 23.9 Å². The molecule has 0 bridgehead atoms. The number of amides is 2. The molecule has 0 aromatic heterocycles.